The molecule has 1 unspecified atom stereocenters. The monoisotopic (exact) mass is 437 g/mol. The van der Waals surface area contributed by atoms with E-state index in [-0.39, 0.29) is 11.1 Å². The van der Waals surface area contributed by atoms with Crippen LogP contribution in [0.3, 0.4) is 0 Å². The van der Waals surface area contributed by atoms with E-state index >= 15 is 0 Å². The first-order valence-corrected chi connectivity index (χ1v) is 8.23. The summed E-state index contributed by atoms with van der Waals surface area (Å²) >= 11 is 13.0. The van der Waals surface area contributed by atoms with Gasteiger partial charge in [0, 0.05) is 14.0 Å². The Labute approximate surface area is 144 Å². The molecule has 0 heterocycles. The van der Waals surface area contributed by atoms with E-state index in [4.69, 9.17) is 11.6 Å². The number of hydrogen-bond acceptors (Lipinski definition) is 1. The molecule has 1 nitrogen and oxygen atoms in total. The third kappa shape index (κ3) is 3.83. The SMILES string of the molecule is CCNC(c1cc(F)c(F)cc1Cl)c1ccc(Br)cc1Br. The van der Waals surface area contributed by atoms with Crippen molar-refractivity contribution in [3.8, 4) is 0 Å². The Hall–Kier alpha value is -0.490. The van der Waals surface area contributed by atoms with E-state index in [1.54, 1.807) is 0 Å². The summed E-state index contributed by atoms with van der Waals surface area (Å²) in [6.45, 7) is 2.59. The molecule has 0 radical (unpaired) electrons. The second-order valence-electron chi connectivity index (χ2n) is 4.44. The molecule has 21 heavy (non-hydrogen) atoms. The van der Waals surface area contributed by atoms with Gasteiger partial charge in [-0.2, -0.15) is 0 Å². The van der Waals surface area contributed by atoms with Gasteiger partial charge in [-0.25, -0.2) is 8.78 Å². The Kier molecular flexibility index (Phi) is 5.77. The molecular weight excluding hydrogens is 427 g/mol. The quantitative estimate of drug-likeness (QED) is 0.590. The van der Waals surface area contributed by atoms with Crippen molar-refractivity contribution in [3.63, 3.8) is 0 Å². The van der Waals surface area contributed by atoms with Gasteiger partial charge in [0.1, 0.15) is 0 Å². The van der Waals surface area contributed by atoms with Crippen LogP contribution < -0.4 is 5.32 Å². The molecule has 0 saturated carbocycles. The van der Waals surface area contributed by atoms with Gasteiger partial charge in [0.15, 0.2) is 11.6 Å². The fraction of sp³-hybridized carbons (Fsp3) is 0.200. The molecule has 0 aliphatic heterocycles. The predicted molar refractivity (Wildman–Crippen MR) is 88.7 cm³/mol. The normalized spacial score (nSPS) is 12.5. The number of nitrogens with one attached hydrogen (secondary N) is 1. The van der Waals surface area contributed by atoms with Gasteiger partial charge >= 0.3 is 0 Å². The zero-order chi connectivity index (χ0) is 15.6. The Balaban J connectivity index is 2.55. The lowest BCUT2D eigenvalue weighted by molar-refractivity contribution is 0.504. The van der Waals surface area contributed by atoms with Crippen molar-refractivity contribution in [3.05, 3.63) is 67.1 Å². The van der Waals surface area contributed by atoms with Crippen molar-refractivity contribution < 1.29 is 8.78 Å². The maximum Gasteiger partial charge on any atom is 0.160 e. The molecule has 6 heteroatoms. The van der Waals surface area contributed by atoms with Crippen molar-refractivity contribution >= 4 is 43.5 Å². The van der Waals surface area contributed by atoms with Crippen LogP contribution in [0.2, 0.25) is 5.02 Å². The zero-order valence-corrected chi connectivity index (χ0v) is 15.0. The number of hydrogen-bond donors (Lipinski definition) is 1. The van der Waals surface area contributed by atoms with Crippen molar-refractivity contribution in [2.75, 3.05) is 6.54 Å². The topological polar surface area (TPSA) is 12.0 Å². The molecule has 112 valence electrons. The van der Waals surface area contributed by atoms with Crippen LogP contribution in [0.15, 0.2) is 39.3 Å². The Morgan fingerprint density at radius 2 is 1.76 bits per heavy atom. The average molecular weight is 440 g/mol. The highest BCUT2D eigenvalue weighted by Gasteiger charge is 2.21. The lowest BCUT2D eigenvalue weighted by Crippen LogP contribution is -2.23. The standard InChI is InChI=1S/C15H12Br2ClF2N/c1-2-21-15(9-4-3-8(16)5-11(9)17)10-6-13(19)14(20)7-12(10)18/h3-7,15,21H,2H2,1H3. The largest absolute Gasteiger partial charge is 0.306 e. The summed E-state index contributed by atoms with van der Waals surface area (Å²) in [6.07, 6.45) is 0. The summed E-state index contributed by atoms with van der Waals surface area (Å²) in [6, 6.07) is 7.49. The molecule has 1 atom stereocenters. The molecule has 0 aliphatic carbocycles. The average Bonchev–Trinajstić information content (AvgIpc) is 2.41. The summed E-state index contributed by atoms with van der Waals surface area (Å²) in [7, 11) is 0. The first kappa shape index (κ1) is 16.9. The predicted octanol–water partition coefficient (Wildman–Crippen LogP) is 5.84. The highest BCUT2D eigenvalue weighted by atomic mass is 79.9. The third-order valence-electron chi connectivity index (χ3n) is 3.03. The highest BCUT2D eigenvalue weighted by Crippen LogP contribution is 2.34. The van der Waals surface area contributed by atoms with E-state index < -0.39 is 11.6 Å². The number of benzene rings is 2. The van der Waals surface area contributed by atoms with E-state index in [1.807, 2.05) is 25.1 Å². The summed E-state index contributed by atoms with van der Waals surface area (Å²) in [4.78, 5) is 0. The van der Waals surface area contributed by atoms with Gasteiger partial charge in [-0.1, -0.05) is 56.5 Å². The molecule has 0 saturated heterocycles. The van der Waals surface area contributed by atoms with Gasteiger partial charge in [-0.15, -0.1) is 0 Å². The summed E-state index contributed by atoms with van der Waals surface area (Å²) < 4.78 is 28.6. The minimum absolute atomic E-state index is 0.190. The Morgan fingerprint density at radius 3 is 2.38 bits per heavy atom. The molecular formula is C15H12Br2ClF2N. The Bertz CT molecular complexity index is 664. The fourth-order valence-corrected chi connectivity index (χ4v) is 3.62. The number of halogens is 5. The van der Waals surface area contributed by atoms with Gasteiger partial charge in [0.05, 0.1) is 6.04 Å². The summed E-state index contributed by atoms with van der Waals surface area (Å²) in [5.41, 5.74) is 1.40. The third-order valence-corrected chi connectivity index (χ3v) is 4.54. The fourth-order valence-electron chi connectivity index (χ4n) is 2.09. The van der Waals surface area contributed by atoms with Crippen LogP contribution in [0.4, 0.5) is 8.78 Å². The van der Waals surface area contributed by atoms with Crippen LogP contribution in [-0.2, 0) is 0 Å². The van der Waals surface area contributed by atoms with Crippen LogP contribution in [0.1, 0.15) is 24.1 Å². The minimum atomic E-state index is -0.950. The first-order valence-electron chi connectivity index (χ1n) is 6.26. The van der Waals surface area contributed by atoms with E-state index in [0.29, 0.717) is 12.1 Å². The molecule has 0 spiro atoms. The summed E-state index contributed by atoms with van der Waals surface area (Å²) in [5.74, 6) is -1.86. The van der Waals surface area contributed by atoms with E-state index in [0.717, 1.165) is 26.6 Å². The molecule has 2 aromatic carbocycles. The van der Waals surface area contributed by atoms with Gasteiger partial charge in [-0.05, 0) is 41.9 Å². The molecule has 0 amide bonds. The second-order valence-corrected chi connectivity index (χ2v) is 6.62. The van der Waals surface area contributed by atoms with Crippen LogP contribution in [0.5, 0.6) is 0 Å². The van der Waals surface area contributed by atoms with Crippen molar-refractivity contribution in [1.29, 1.82) is 0 Å². The smallest absolute Gasteiger partial charge is 0.160 e. The lowest BCUT2D eigenvalue weighted by Gasteiger charge is -2.22. The van der Waals surface area contributed by atoms with Gasteiger partial charge in [-0.3, -0.25) is 0 Å². The second kappa shape index (κ2) is 7.18. The molecule has 0 aliphatic rings. The van der Waals surface area contributed by atoms with Crippen LogP contribution in [0, 0.1) is 11.6 Å². The molecule has 2 aromatic rings. The minimum Gasteiger partial charge on any atom is -0.306 e. The molecule has 0 aromatic heterocycles. The molecule has 2 rings (SSSR count). The van der Waals surface area contributed by atoms with Gasteiger partial charge in [0.25, 0.3) is 0 Å². The van der Waals surface area contributed by atoms with E-state index in [1.165, 1.54) is 0 Å². The van der Waals surface area contributed by atoms with Crippen LogP contribution >= 0.6 is 43.5 Å². The van der Waals surface area contributed by atoms with Crippen LogP contribution in [0.25, 0.3) is 0 Å². The highest BCUT2D eigenvalue weighted by molar-refractivity contribution is 9.11. The van der Waals surface area contributed by atoms with Crippen molar-refractivity contribution in [1.82, 2.24) is 5.32 Å². The van der Waals surface area contributed by atoms with Crippen molar-refractivity contribution in [2.24, 2.45) is 0 Å². The van der Waals surface area contributed by atoms with E-state index in [9.17, 15) is 8.78 Å². The maximum absolute atomic E-state index is 13.6. The summed E-state index contributed by atoms with van der Waals surface area (Å²) in [5, 5.41) is 3.43. The maximum atomic E-state index is 13.6. The van der Waals surface area contributed by atoms with Gasteiger partial charge < -0.3 is 5.32 Å². The molecule has 0 fully saturated rings. The van der Waals surface area contributed by atoms with Crippen molar-refractivity contribution in [2.45, 2.75) is 13.0 Å². The molecule has 1 N–H and O–H groups in total. The van der Waals surface area contributed by atoms with Crippen LogP contribution in [-0.4, -0.2) is 6.54 Å². The Morgan fingerprint density at radius 1 is 1.10 bits per heavy atom. The first-order chi connectivity index (χ1) is 9.93. The zero-order valence-electron chi connectivity index (χ0n) is 11.1. The number of rotatable bonds is 4. The lowest BCUT2D eigenvalue weighted by atomic mass is 9.98. The molecule has 0 bridgehead atoms. The van der Waals surface area contributed by atoms with E-state index in [2.05, 4.69) is 37.2 Å². The van der Waals surface area contributed by atoms with Gasteiger partial charge in [0.2, 0.25) is 0 Å².